The van der Waals surface area contributed by atoms with E-state index in [4.69, 9.17) is 20.6 Å². The maximum absolute atomic E-state index is 12.1. The first-order valence-electron chi connectivity index (χ1n) is 5.90. The fraction of sp³-hybridized carbons (Fsp3) is 0.385. The Morgan fingerprint density at radius 1 is 1.17 bits per heavy atom. The molecule has 1 rings (SSSR count). The second-order valence-corrected chi connectivity index (χ2v) is 6.12. The molecule has 0 aromatic heterocycles. The molecule has 0 bridgehead atoms. The lowest BCUT2D eigenvalue weighted by Gasteiger charge is -2.14. The number of hydrogen-bond donors (Lipinski definition) is 0. The Bertz CT molecular complexity index is 418. The van der Waals surface area contributed by atoms with Gasteiger partial charge in [0.1, 0.15) is 0 Å². The molecule has 0 radical (unpaired) electrons. The molecule has 0 N–H and O–H groups in total. The number of rotatable bonds is 7. The fourth-order valence-electron chi connectivity index (χ4n) is 1.43. The smallest absolute Gasteiger partial charge is 0.309 e. The summed E-state index contributed by atoms with van der Waals surface area (Å²) < 4.78 is 22.5. The molecule has 0 aliphatic heterocycles. The van der Waals surface area contributed by atoms with E-state index < -0.39 is 7.60 Å². The van der Waals surface area contributed by atoms with Crippen LogP contribution in [0, 0.1) is 0 Å². The van der Waals surface area contributed by atoms with Gasteiger partial charge in [0.2, 0.25) is 0 Å². The average Bonchev–Trinajstić information content (AvgIpc) is 2.32. The Morgan fingerprint density at radius 3 is 2.22 bits per heavy atom. The first kappa shape index (κ1) is 15.5. The van der Waals surface area contributed by atoms with Crippen LogP contribution in [-0.2, 0) is 13.6 Å². The van der Waals surface area contributed by atoms with Crippen molar-refractivity contribution in [2.45, 2.75) is 13.8 Å². The maximum Gasteiger partial charge on any atom is 0.334 e. The van der Waals surface area contributed by atoms with E-state index in [0.29, 0.717) is 18.2 Å². The standard InChI is InChI=1S/C13H18ClO3P/c1-3-16-18(15,17-4-2)11-5-6-12-7-9-13(14)10-8-12/h5-10H,3-4,11H2,1-2H3. The van der Waals surface area contributed by atoms with Crippen LogP contribution in [0.15, 0.2) is 30.3 Å². The van der Waals surface area contributed by atoms with Crippen LogP contribution >= 0.6 is 19.2 Å². The summed E-state index contributed by atoms with van der Waals surface area (Å²) in [6.07, 6.45) is 3.95. The van der Waals surface area contributed by atoms with Crippen LogP contribution in [0.25, 0.3) is 6.08 Å². The van der Waals surface area contributed by atoms with Crippen molar-refractivity contribution in [1.29, 1.82) is 0 Å². The lowest BCUT2D eigenvalue weighted by Crippen LogP contribution is -1.98. The maximum atomic E-state index is 12.1. The van der Waals surface area contributed by atoms with Crippen LogP contribution in [0.2, 0.25) is 5.02 Å². The van der Waals surface area contributed by atoms with E-state index in [1.165, 1.54) is 0 Å². The van der Waals surface area contributed by atoms with E-state index in [-0.39, 0.29) is 6.16 Å². The van der Waals surface area contributed by atoms with Crippen molar-refractivity contribution in [1.82, 2.24) is 0 Å². The first-order valence-corrected chi connectivity index (χ1v) is 8.00. The molecule has 3 nitrogen and oxygen atoms in total. The van der Waals surface area contributed by atoms with Gasteiger partial charge in [0.05, 0.1) is 19.4 Å². The third-order valence-corrected chi connectivity index (χ3v) is 4.37. The van der Waals surface area contributed by atoms with Gasteiger partial charge in [0.25, 0.3) is 0 Å². The van der Waals surface area contributed by atoms with Gasteiger partial charge in [0.15, 0.2) is 0 Å². The van der Waals surface area contributed by atoms with Crippen LogP contribution < -0.4 is 0 Å². The summed E-state index contributed by atoms with van der Waals surface area (Å²) >= 11 is 5.79. The minimum Gasteiger partial charge on any atom is -0.309 e. The summed E-state index contributed by atoms with van der Waals surface area (Å²) in [6.45, 7) is 4.36. The molecule has 0 atom stereocenters. The van der Waals surface area contributed by atoms with Crippen LogP contribution in [0.5, 0.6) is 0 Å². The van der Waals surface area contributed by atoms with Crippen LogP contribution in [0.1, 0.15) is 19.4 Å². The van der Waals surface area contributed by atoms with Crippen LogP contribution in [-0.4, -0.2) is 19.4 Å². The van der Waals surface area contributed by atoms with Crippen molar-refractivity contribution >= 4 is 25.3 Å². The number of benzene rings is 1. The summed E-state index contributed by atoms with van der Waals surface area (Å²) in [5.41, 5.74) is 0.999. The summed E-state index contributed by atoms with van der Waals surface area (Å²) in [4.78, 5) is 0. The Labute approximate surface area is 113 Å². The lowest BCUT2D eigenvalue weighted by atomic mass is 10.2. The number of hydrogen-bond acceptors (Lipinski definition) is 3. The minimum atomic E-state index is -2.98. The van der Waals surface area contributed by atoms with Crippen LogP contribution in [0.3, 0.4) is 0 Å². The van der Waals surface area contributed by atoms with Gasteiger partial charge in [-0.3, -0.25) is 4.57 Å². The van der Waals surface area contributed by atoms with Gasteiger partial charge in [-0.2, -0.15) is 0 Å². The average molecular weight is 289 g/mol. The third-order valence-electron chi connectivity index (χ3n) is 2.16. The minimum absolute atomic E-state index is 0.275. The summed E-state index contributed by atoms with van der Waals surface area (Å²) in [5, 5.41) is 0.696. The summed E-state index contributed by atoms with van der Waals surface area (Å²) in [5.74, 6) is 0. The van der Waals surface area contributed by atoms with E-state index in [1.54, 1.807) is 19.9 Å². The van der Waals surface area contributed by atoms with E-state index in [1.807, 2.05) is 30.3 Å². The Balaban J connectivity index is 2.61. The monoisotopic (exact) mass is 288 g/mol. The van der Waals surface area contributed by atoms with Gasteiger partial charge in [0, 0.05) is 5.02 Å². The van der Waals surface area contributed by atoms with Gasteiger partial charge >= 0.3 is 7.60 Å². The molecule has 0 fully saturated rings. The molecule has 0 aliphatic carbocycles. The predicted molar refractivity (Wildman–Crippen MR) is 76.2 cm³/mol. The molecule has 100 valence electrons. The highest BCUT2D eigenvalue weighted by molar-refractivity contribution is 7.54. The molecular formula is C13H18ClO3P. The molecule has 5 heteroatoms. The van der Waals surface area contributed by atoms with E-state index in [2.05, 4.69) is 0 Å². The quantitative estimate of drug-likeness (QED) is 0.687. The van der Waals surface area contributed by atoms with Gasteiger partial charge < -0.3 is 9.05 Å². The Morgan fingerprint density at radius 2 is 1.72 bits per heavy atom. The van der Waals surface area contributed by atoms with Gasteiger partial charge in [-0.25, -0.2) is 0 Å². The van der Waals surface area contributed by atoms with Crippen molar-refractivity contribution < 1.29 is 13.6 Å². The molecule has 0 amide bonds. The second kappa shape index (κ2) is 7.75. The summed E-state index contributed by atoms with van der Waals surface area (Å²) in [6, 6.07) is 7.41. The molecule has 0 unspecified atom stereocenters. The molecular weight excluding hydrogens is 271 g/mol. The molecule has 0 saturated heterocycles. The highest BCUT2D eigenvalue weighted by atomic mass is 35.5. The number of halogens is 1. The highest BCUT2D eigenvalue weighted by Gasteiger charge is 2.20. The van der Waals surface area contributed by atoms with E-state index >= 15 is 0 Å². The van der Waals surface area contributed by atoms with E-state index in [9.17, 15) is 4.57 Å². The Hall–Kier alpha value is -0.600. The van der Waals surface area contributed by atoms with Crippen molar-refractivity contribution in [3.05, 3.63) is 40.9 Å². The van der Waals surface area contributed by atoms with Gasteiger partial charge in [-0.05, 0) is 31.5 Å². The molecule has 0 spiro atoms. The normalized spacial score (nSPS) is 12.2. The first-order chi connectivity index (χ1) is 8.59. The molecule has 0 heterocycles. The second-order valence-electron chi connectivity index (χ2n) is 3.58. The lowest BCUT2D eigenvalue weighted by molar-refractivity contribution is 0.222. The summed E-state index contributed by atoms with van der Waals surface area (Å²) in [7, 11) is -2.98. The van der Waals surface area contributed by atoms with Crippen molar-refractivity contribution in [3.8, 4) is 0 Å². The SMILES string of the molecule is CCOP(=O)(CC=Cc1ccc(Cl)cc1)OCC. The van der Waals surface area contributed by atoms with Crippen molar-refractivity contribution in [2.24, 2.45) is 0 Å². The zero-order valence-corrected chi connectivity index (χ0v) is 12.3. The Kier molecular flexibility index (Phi) is 6.66. The molecule has 1 aromatic rings. The van der Waals surface area contributed by atoms with Crippen molar-refractivity contribution in [2.75, 3.05) is 19.4 Å². The topological polar surface area (TPSA) is 35.5 Å². The fourth-order valence-corrected chi connectivity index (χ4v) is 2.99. The molecule has 1 aromatic carbocycles. The van der Waals surface area contributed by atoms with Crippen molar-refractivity contribution in [3.63, 3.8) is 0 Å². The molecule has 0 aliphatic rings. The van der Waals surface area contributed by atoms with Gasteiger partial charge in [-0.1, -0.05) is 35.9 Å². The predicted octanol–water partition coefficient (Wildman–Crippen LogP) is 4.62. The highest BCUT2D eigenvalue weighted by Crippen LogP contribution is 2.47. The molecule has 0 saturated carbocycles. The zero-order valence-electron chi connectivity index (χ0n) is 10.6. The molecule has 18 heavy (non-hydrogen) atoms. The van der Waals surface area contributed by atoms with E-state index in [0.717, 1.165) is 5.56 Å². The largest absolute Gasteiger partial charge is 0.334 e. The van der Waals surface area contributed by atoms with Crippen LogP contribution in [0.4, 0.5) is 0 Å². The number of allylic oxidation sites excluding steroid dienone is 1. The third kappa shape index (κ3) is 5.36. The zero-order chi connectivity index (χ0) is 13.4. The van der Waals surface area contributed by atoms with Gasteiger partial charge in [-0.15, -0.1) is 0 Å².